The summed E-state index contributed by atoms with van der Waals surface area (Å²) >= 11 is 0. The second-order valence-electron chi connectivity index (χ2n) is 4.80. The van der Waals surface area contributed by atoms with Crippen LogP contribution in [0.1, 0.15) is 25.7 Å². The summed E-state index contributed by atoms with van der Waals surface area (Å²) in [5, 5.41) is 9.76. The molecule has 2 aliphatic heterocycles. The Hall–Kier alpha value is -1.40. The zero-order valence-corrected chi connectivity index (χ0v) is 9.58. The third-order valence-electron chi connectivity index (χ3n) is 3.74. The van der Waals surface area contributed by atoms with Gasteiger partial charge in [-0.2, -0.15) is 4.98 Å². The number of aliphatic hydroxyl groups excluding tert-OH is 1. The highest BCUT2D eigenvalue weighted by Crippen LogP contribution is 2.38. The van der Waals surface area contributed by atoms with Gasteiger partial charge in [0.1, 0.15) is 5.82 Å². The summed E-state index contributed by atoms with van der Waals surface area (Å²) < 4.78 is 0. The number of nitrogens with two attached hydrogens (primary N) is 1. The molecule has 2 atom stereocenters. The maximum atomic E-state index is 9.76. The Morgan fingerprint density at radius 2 is 2.06 bits per heavy atom. The summed E-state index contributed by atoms with van der Waals surface area (Å²) in [6, 6.07) is 2.72. The third-order valence-corrected chi connectivity index (χ3v) is 3.74. The largest absolute Gasteiger partial charge is 0.393 e. The third kappa shape index (κ3) is 1.83. The molecule has 4 N–H and O–H groups in total. The first kappa shape index (κ1) is 10.7. The first-order chi connectivity index (χ1) is 8.28. The number of hydrogen-bond donors (Lipinski definition) is 3. The Labute approximate surface area is 99.8 Å². The highest BCUT2D eigenvalue weighted by atomic mass is 16.3. The molecular weight excluding hydrogens is 218 g/mol. The monoisotopic (exact) mass is 235 g/mol. The van der Waals surface area contributed by atoms with Crippen molar-refractivity contribution in [3.8, 4) is 0 Å². The molecule has 0 radical (unpaired) electrons. The van der Waals surface area contributed by atoms with Crippen LogP contribution >= 0.6 is 0 Å². The quantitative estimate of drug-likeness (QED) is 0.503. The predicted molar refractivity (Wildman–Crippen MR) is 64.4 cm³/mol. The van der Waals surface area contributed by atoms with Gasteiger partial charge in [-0.3, -0.25) is 5.43 Å². The highest BCUT2D eigenvalue weighted by molar-refractivity contribution is 5.46. The average molecular weight is 235 g/mol. The van der Waals surface area contributed by atoms with Crippen molar-refractivity contribution < 1.29 is 5.11 Å². The summed E-state index contributed by atoms with van der Waals surface area (Å²) in [7, 11) is 0. The van der Waals surface area contributed by atoms with Crippen LogP contribution in [0, 0.1) is 0 Å². The van der Waals surface area contributed by atoms with Crippen LogP contribution in [0.15, 0.2) is 12.3 Å². The molecule has 3 heterocycles. The fourth-order valence-electron chi connectivity index (χ4n) is 3.08. The van der Waals surface area contributed by atoms with Gasteiger partial charge in [-0.25, -0.2) is 10.8 Å². The summed E-state index contributed by atoms with van der Waals surface area (Å²) in [6.07, 6.45) is 5.51. The lowest BCUT2D eigenvalue weighted by molar-refractivity contribution is 0.126. The molecule has 2 bridgehead atoms. The Morgan fingerprint density at radius 3 is 2.71 bits per heavy atom. The predicted octanol–water partition coefficient (Wildman–Crippen LogP) is 0.254. The van der Waals surface area contributed by atoms with Gasteiger partial charge in [0.05, 0.1) is 6.10 Å². The van der Waals surface area contributed by atoms with Crippen molar-refractivity contribution in [3.05, 3.63) is 12.3 Å². The number of piperidine rings is 1. The zero-order chi connectivity index (χ0) is 11.8. The SMILES string of the molecule is NNc1nccc(N2C3CCC2CC(O)C3)n1. The van der Waals surface area contributed by atoms with Gasteiger partial charge < -0.3 is 10.0 Å². The number of nitrogens with one attached hydrogen (secondary N) is 1. The van der Waals surface area contributed by atoms with Crippen LogP contribution in [0.4, 0.5) is 11.8 Å². The molecule has 6 heteroatoms. The van der Waals surface area contributed by atoms with E-state index in [1.807, 2.05) is 6.07 Å². The van der Waals surface area contributed by atoms with E-state index in [0.717, 1.165) is 31.5 Å². The van der Waals surface area contributed by atoms with E-state index in [2.05, 4.69) is 20.3 Å². The van der Waals surface area contributed by atoms with Crippen LogP contribution in [0.5, 0.6) is 0 Å². The van der Waals surface area contributed by atoms with Crippen LogP contribution in [-0.2, 0) is 0 Å². The normalized spacial score (nSPS) is 31.6. The number of fused-ring (bicyclic) bond motifs is 2. The number of aromatic nitrogens is 2. The number of hydrazine groups is 1. The summed E-state index contributed by atoms with van der Waals surface area (Å²) in [6.45, 7) is 0. The van der Waals surface area contributed by atoms with Gasteiger partial charge in [-0.05, 0) is 31.7 Å². The molecule has 0 spiro atoms. The Morgan fingerprint density at radius 1 is 1.35 bits per heavy atom. The molecule has 2 fully saturated rings. The molecule has 92 valence electrons. The molecule has 6 nitrogen and oxygen atoms in total. The zero-order valence-electron chi connectivity index (χ0n) is 9.58. The molecule has 3 rings (SSSR count). The Balaban J connectivity index is 1.89. The van der Waals surface area contributed by atoms with Crippen molar-refractivity contribution in [2.75, 3.05) is 10.3 Å². The number of nitrogens with zero attached hydrogens (tertiary/aromatic N) is 3. The van der Waals surface area contributed by atoms with Gasteiger partial charge in [-0.15, -0.1) is 0 Å². The molecule has 1 aromatic rings. The van der Waals surface area contributed by atoms with Crippen molar-refractivity contribution in [2.24, 2.45) is 5.84 Å². The first-order valence-corrected chi connectivity index (χ1v) is 6.04. The van der Waals surface area contributed by atoms with Crippen LogP contribution in [0.3, 0.4) is 0 Å². The van der Waals surface area contributed by atoms with E-state index < -0.39 is 0 Å². The molecule has 0 saturated carbocycles. The topological polar surface area (TPSA) is 87.3 Å². The summed E-state index contributed by atoms with van der Waals surface area (Å²) in [5.74, 6) is 6.67. The van der Waals surface area contributed by atoms with Gasteiger partial charge in [0, 0.05) is 18.3 Å². The molecule has 0 amide bonds. The molecule has 0 aliphatic carbocycles. The van der Waals surface area contributed by atoms with E-state index in [4.69, 9.17) is 5.84 Å². The minimum atomic E-state index is -0.155. The molecule has 1 aromatic heterocycles. The minimum absolute atomic E-state index is 0.155. The van der Waals surface area contributed by atoms with E-state index >= 15 is 0 Å². The van der Waals surface area contributed by atoms with Crippen molar-refractivity contribution >= 4 is 11.8 Å². The van der Waals surface area contributed by atoms with Gasteiger partial charge in [0.15, 0.2) is 0 Å². The molecule has 2 aliphatic rings. The molecular formula is C11H17N5O. The van der Waals surface area contributed by atoms with Crippen LogP contribution < -0.4 is 16.2 Å². The number of anilines is 2. The molecule has 2 unspecified atom stereocenters. The molecule has 0 aromatic carbocycles. The highest BCUT2D eigenvalue weighted by Gasteiger charge is 2.40. The lowest BCUT2D eigenvalue weighted by atomic mass is 10.00. The van der Waals surface area contributed by atoms with E-state index in [1.54, 1.807) is 6.20 Å². The van der Waals surface area contributed by atoms with Crippen LogP contribution in [-0.4, -0.2) is 33.3 Å². The first-order valence-electron chi connectivity index (χ1n) is 6.04. The number of aliphatic hydroxyl groups is 1. The average Bonchev–Trinajstić information content (AvgIpc) is 2.62. The van der Waals surface area contributed by atoms with Crippen molar-refractivity contribution in [3.63, 3.8) is 0 Å². The minimum Gasteiger partial charge on any atom is -0.393 e. The van der Waals surface area contributed by atoms with Crippen molar-refractivity contribution in [1.29, 1.82) is 0 Å². The lowest BCUT2D eigenvalue weighted by Crippen LogP contribution is -2.45. The second-order valence-corrected chi connectivity index (χ2v) is 4.80. The van der Waals surface area contributed by atoms with Crippen molar-refractivity contribution in [1.82, 2.24) is 9.97 Å². The van der Waals surface area contributed by atoms with Crippen molar-refractivity contribution in [2.45, 2.75) is 43.9 Å². The van der Waals surface area contributed by atoms with E-state index in [1.165, 1.54) is 0 Å². The summed E-state index contributed by atoms with van der Waals surface area (Å²) in [4.78, 5) is 10.7. The number of nitrogen functional groups attached to an aromatic ring is 1. The van der Waals surface area contributed by atoms with Gasteiger partial charge in [0.2, 0.25) is 5.95 Å². The fourth-order valence-corrected chi connectivity index (χ4v) is 3.08. The maximum Gasteiger partial charge on any atom is 0.239 e. The van der Waals surface area contributed by atoms with E-state index in [0.29, 0.717) is 18.0 Å². The summed E-state index contributed by atoms with van der Waals surface area (Å²) in [5.41, 5.74) is 2.47. The fraction of sp³-hybridized carbons (Fsp3) is 0.636. The Bertz CT molecular complexity index is 399. The van der Waals surface area contributed by atoms with E-state index in [-0.39, 0.29) is 6.10 Å². The molecule has 2 saturated heterocycles. The van der Waals surface area contributed by atoms with Crippen LogP contribution in [0.25, 0.3) is 0 Å². The van der Waals surface area contributed by atoms with Crippen LogP contribution in [0.2, 0.25) is 0 Å². The standard InChI is InChI=1S/C11H17N5O/c12-15-11-13-4-3-10(14-11)16-7-1-2-8(16)6-9(17)5-7/h3-4,7-9,17H,1-2,5-6,12H2,(H,13,14,15). The number of hydrogen-bond acceptors (Lipinski definition) is 6. The van der Waals surface area contributed by atoms with Gasteiger partial charge in [0.25, 0.3) is 0 Å². The number of rotatable bonds is 2. The smallest absolute Gasteiger partial charge is 0.239 e. The second kappa shape index (κ2) is 4.12. The molecule has 17 heavy (non-hydrogen) atoms. The van der Waals surface area contributed by atoms with Gasteiger partial charge in [-0.1, -0.05) is 0 Å². The lowest BCUT2D eigenvalue weighted by Gasteiger charge is -2.38. The van der Waals surface area contributed by atoms with E-state index in [9.17, 15) is 5.11 Å². The Kier molecular flexibility index (Phi) is 2.60. The maximum absolute atomic E-state index is 9.76. The van der Waals surface area contributed by atoms with Gasteiger partial charge >= 0.3 is 0 Å².